The fourth-order valence-electron chi connectivity index (χ4n) is 1.28. The van der Waals surface area contributed by atoms with Crippen molar-refractivity contribution in [3.63, 3.8) is 0 Å². The van der Waals surface area contributed by atoms with Gasteiger partial charge in [-0.2, -0.15) is 5.10 Å². The predicted molar refractivity (Wildman–Crippen MR) is 52.7 cm³/mol. The summed E-state index contributed by atoms with van der Waals surface area (Å²) < 4.78 is 1.93. The standard InChI is InChI=1S/C8H10BrClN2/c9-5-8(1-2-8)6-12-4-7(10)3-11-12/h3-4H,1-2,5-6H2. The summed E-state index contributed by atoms with van der Waals surface area (Å²) in [4.78, 5) is 0. The van der Waals surface area contributed by atoms with Gasteiger partial charge in [-0.25, -0.2) is 0 Å². The lowest BCUT2D eigenvalue weighted by atomic mass is 10.1. The van der Waals surface area contributed by atoms with Crippen LogP contribution in [0.25, 0.3) is 0 Å². The average molecular weight is 250 g/mol. The summed E-state index contributed by atoms with van der Waals surface area (Å²) in [5.74, 6) is 0. The van der Waals surface area contributed by atoms with E-state index in [0.717, 1.165) is 16.9 Å². The van der Waals surface area contributed by atoms with Crippen LogP contribution in [-0.4, -0.2) is 15.1 Å². The Morgan fingerprint density at radius 1 is 1.67 bits per heavy atom. The van der Waals surface area contributed by atoms with E-state index in [2.05, 4.69) is 21.0 Å². The van der Waals surface area contributed by atoms with Crippen LogP contribution in [0.15, 0.2) is 12.4 Å². The average Bonchev–Trinajstić information content (AvgIpc) is 2.71. The topological polar surface area (TPSA) is 17.8 Å². The van der Waals surface area contributed by atoms with Crippen LogP contribution in [-0.2, 0) is 6.54 Å². The second-order valence-corrected chi connectivity index (χ2v) is 4.49. The van der Waals surface area contributed by atoms with Gasteiger partial charge in [0.2, 0.25) is 0 Å². The SMILES string of the molecule is Clc1cnn(CC2(CBr)CC2)c1. The summed E-state index contributed by atoms with van der Waals surface area (Å²) in [7, 11) is 0. The Balaban J connectivity index is 2.04. The van der Waals surface area contributed by atoms with Gasteiger partial charge in [-0.15, -0.1) is 0 Å². The van der Waals surface area contributed by atoms with Gasteiger partial charge in [0.15, 0.2) is 0 Å². The molecule has 0 radical (unpaired) electrons. The van der Waals surface area contributed by atoms with Crippen LogP contribution >= 0.6 is 27.5 Å². The highest BCUT2D eigenvalue weighted by Crippen LogP contribution is 2.48. The third kappa shape index (κ3) is 1.67. The molecule has 66 valence electrons. The molecular weight excluding hydrogens is 239 g/mol. The molecule has 0 bridgehead atoms. The van der Waals surface area contributed by atoms with Gasteiger partial charge in [0.05, 0.1) is 11.2 Å². The molecule has 12 heavy (non-hydrogen) atoms. The minimum absolute atomic E-state index is 0.468. The number of halogens is 2. The van der Waals surface area contributed by atoms with E-state index in [1.54, 1.807) is 6.20 Å². The Labute approximate surface area is 85.0 Å². The maximum Gasteiger partial charge on any atom is 0.0785 e. The largest absolute Gasteiger partial charge is 0.271 e. The van der Waals surface area contributed by atoms with Crippen LogP contribution in [0.1, 0.15) is 12.8 Å². The summed E-state index contributed by atoms with van der Waals surface area (Å²) in [5, 5.41) is 5.94. The second kappa shape index (κ2) is 3.04. The van der Waals surface area contributed by atoms with E-state index in [4.69, 9.17) is 11.6 Å². The normalized spacial score (nSPS) is 19.5. The van der Waals surface area contributed by atoms with E-state index in [1.165, 1.54) is 12.8 Å². The van der Waals surface area contributed by atoms with E-state index in [0.29, 0.717) is 5.41 Å². The number of aromatic nitrogens is 2. The van der Waals surface area contributed by atoms with Gasteiger partial charge < -0.3 is 0 Å². The van der Waals surface area contributed by atoms with Crippen LogP contribution in [0.3, 0.4) is 0 Å². The quantitative estimate of drug-likeness (QED) is 0.753. The molecule has 0 atom stereocenters. The molecule has 0 spiro atoms. The van der Waals surface area contributed by atoms with Crippen molar-refractivity contribution < 1.29 is 0 Å². The molecule has 1 saturated carbocycles. The van der Waals surface area contributed by atoms with Gasteiger partial charge in [-0.1, -0.05) is 27.5 Å². The molecular formula is C8H10BrClN2. The smallest absolute Gasteiger partial charge is 0.0785 e. The Bertz CT molecular complexity index is 280. The van der Waals surface area contributed by atoms with Gasteiger partial charge in [-0.3, -0.25) is 4.68 Å². The van der Waals surface area contributed by atoms with Crippen LogP contribution in [0.4, 0.5) is 0 Å². The maximum atomic E-state index is 5.76. The Kier molecular flexibility index (Phi) is 2.17. The Morgan fingerprint density at radius 3 is 2.83 bits per heavy atom. The zero-order valence-corrected chi connectivity index (χ0v) is 8.98. The van der Waals surface area contributed by atoms with Crippen LogP contribution < -0.4 is 0 Å². The fourth-order valence-corrected chi connectivity index (χ4v) is 2.17. The first kappa shape index (κ1) is 8.57. The van der Waals surface area contributed by atoms with E-state index >= 15 is 0 Å². The minimum atomic E-state index is 0.468. The van der Waals surface area contributed by atoms with Crippen molar-refractivity contribution in [3.05, 3.63) is 17.4 Å². The Morgan fingerprint density at radius 2 is 2.42 bits per heavy atom. The van der Waals surface area contributed by atoms with Gasteiger partial charge >= 0.3 is 0 Å². The third-order valence-electron chi connectivity index (χ3n) is 2.34. The highest BCUT2D eigenvalue weighted by molar-refractivity contribution is 9.09. The molecule has 0 N–H and O–H groups in total. The molecule has 0 aliphatic heterocycles. The van der Waals surface area contributed by atoms with E-state index in [1.807, 2.05) is 10.9 Å². The zero-order chi connectivity index (χ0) is 8.60. The van der Waals surface area contributed by atoms with Crippen molar-refractivity contribution in [3.8, 4) is 0 Å². The number of alkyl halides is 1. The van der Waals surface area contributed by atoms with Crippen molar-refractivity contribution in [1.82, 2.24) is 9.78 Å². The highest BCUT2D eigenvalue weighted by Gasteiger charge is 2.41. The lowest BCUT2D eigenvalue weighted by Gasteiger charge is -2.10. The molecule has 0 unspecified atom stereocenters. The first-order valence-electron chi connectivity index (χ1n) is 3.98. The highest BCUT2D eigenvalue weighted by atomic mass is 79.9. The molecule has 1 heterocycles. The second-order valence-electron chi connectivity index (χ2n) is 3.49. The first-order valence-corrected chi connectivity index (χ1v) is 5.48. The summed E-state index contributed by atoms with van der Waals surface area (Å²) >= 11 is 9.28. The lowest BCUT2D eigenvalue weighted by molar-refractivity contribution is 0.442. The molecule has 1 aromatic heterocycles. The monoisotopic (exact) mass is 248 g/mol. The summed E-state index contributed by atoms with van der Waals surface area (Å²) in [6.45, 7) is 0.991. The molecule has 0 saturated heterocycles. The van der Waals surface area contributed by atoms with E-state index < -0.39 is 0 Å². The lowest BCUT2D eigenvalue weighted by Crippen LogP contribution is -2.13. The van der Waals surface area contributed by atoms with Crippen molar-refractivity contribution in [2.24, 2.45) is 5.41 Å². The number of hydrogen-bond acceptors (Lipinski definition) is 1. The van der Waals surface area contributed by atoms with Gasteiger partial charge in [0, 0.05) is 18.1 Å². The molecule has 1 aliphatic rings. The fraction of sp³-hybridized carbons (Fsp3) is 0.625. The predicted octanol–water partition coefficient (Wildman–Crippen LogP) is 2.71. The first-order chi connectivity index (χ1) is 5.74. The van der Waals surface area contributed by atoms with Crippen molar-refractivity contribution >= 4 is 27.5 Å². The van der Waals surface area contributed by atoms with E-state index in [-0.39, 0.29) is 0 Å². The molecule has 4 heteroatoms. The van der Waals surface area contributed by atoms with Crippen LogP contribution in [0, 0.1) is 5.41 Å². The molecule has 1 aromatic rings. The van der Waals surface area contributed by atoms with Crippen molar-refractivity contribution in [2.75, 3.05) is 5.33 Å². The van der Waals surface area contributed by atoms with Crippen LogP contribution in [0.2, 0.25) is 5.02 Å². The van der Waals surface area contributed by atoms with Gasteiger partial charge in [-0.05, 0) is 18.3 Å². The number of rotatable bonds is 3. The van der Waals surface area contributed by atoms with E-state index in [9.17, 15) is 0 Å². The van der Waals surface area contributed by atoms with Crippen molar-refractivity contribution in [2.45, 2.75) is 19.4 Å². The maximum absolute atomic E-state index is 5.76. The van der Waals surface area contributed by atoms with Crippen molar-refractivity contribution in [1.29, 1.82) is 0 Å². The van der Waals surface area contributed by atoms with Crippen LogP contribution in [0.5, 0.6) is 0 Å². The summed E-state index contributed by atoms with van der Waals surface area (Å²) in [6.07, 6.45) is 6.17. The minimum Gasteiger partial charge on any atom is -0.271 e. The number of hydrogen-bond donors (Lipinski definition) is 0. The molecule has 1 aliphatic carbocycles. The Hall–Kier alpha value is -0.0200. The zero-order valence-electron chi connectivity index (χ0n) is 6.63. The molecule has 2 nitrogen and oxygen atoms in total. The molecule has 0 aromatic carbocycles. The summed E-state index contributed by atoms with van der Waals surface area (Å²) in [5.41, 5.74) is 0.468. The molecule has 1 fully saturated rings. The third-order valence-corrected chi connectivity index (χ3v) is 3.72. The molecule has 2 rings (SSSR count). The molecule has 0 amide bonds. The van der Waals surface area contributed by atoms with Gasteiger partial charge in [0.25, 0.3) is 0 Å². The van der Waals surface area contributed by atoms with Gasteiger partial charge in [0.1, 0.15) is 0 Å². The summed E-state index contributed by atoms with van der Waals surface area (Å²) in [6, 6.07) is 0. The number of nitrogens with zero attached hydrogens (tertiary/aromatic N) is 2.